The molecule has 0 aliphatic carbocycles. The molecule has 0 atom stereocenters. The summed E-state index contributed by atoms with van der Waals surface area (Å²) in [5.74, 6) is -0.618. The number of carbonyl (C=O) groups excluding carboxylic acids is 4. The Morgan fingerprint density at radius 1 is 1.04 bits per heavy atom. The van der Waals surface area contributed by atoms with Gasteiger partial charge in [0, 0.05) is 30.7 Å². The lowest BCUT2D eigenvalue weighted by Gasteiger charge is -2.14. The average molecular weight is 411 g/mol. The number of benzene rings is 1. The molecule has 8 nitrogen and oxygen atoms in total. The molecule has 9 heteroatoms. The summed E-state index contributed by atoms with van der Waals surface area (Å²) in [6.07, 6.45) is 1.71. The molecule has 0 saturated carbocycles. The Labute approximate surface area is 153 Å². The number of fused-ring (bicyclic) bond motifs is 1. The summed E-state index contributed by atoms with van der Waals surface area (Å²) in [6.45, 7) is 1.53. The largest absolute Gasteiger partial charge is 0.359 e. The van der Waals surface area contributed by atoms with Crippen molar-refractivity contribution in [1.82, 2.24) is 20.9 Å². The van der Waals surface area contributed by atoms with Crippen LogP contribution in [-0.2, 0) is 4.79 Å². The standard InChI is InChI=1S/C16H19BrN4O4/c17-11-3-4-12-13(9-11)15(24)21(14(12)23)8-2-7-20-16(25)19-6-1-5-18-10-22/h3-4,9-10H,1-2,5-8H2,(H,18,22)(H2,19,20,25). The molecule has 25 heavy (non-hydrogen) atoms. The third-order valence-electron chi connectivity index (χ3n) is 3.64. The number of amides is 5. The molecule has 1 aromatic rings. The van der Waals surface area contributed by atoms with Gasteiger partial charge >= 0.3 is 6.03 Å². The zero-order chi connectivity index (χ0) is 18.2. The van der Waals surface area contributed by atoms with Crippen molar-refractivity contribution in [2.75, 3.05) is 26.2 Å². The van der Waals surface area contributed by atoms with Gasteiger partial charge in [0.2, 0.25) is 6.41 Å². The minimum Gasteiger partial charge on any atom is -0.359 e. The van der Waals surface area contributed by atoms with E-state index in [1.165, 1.54) is 4.90 Å². The molecule has 1 aliphatic heterocycles. The fraction of sp³-hybridized carbons (Fsp3) is 0.375. The van der Waals surface area contributed by atoms with E-state index in [1.54, 1.807) is 18.2 Å². The summed E-state index contributed by atoms with van der Waals surface area (Å²) in [6, 6.07) is 4.67. The van der Waals surface area contributed by atoms with Gasteiger partial charge < -0.3 is 16.0 Å². The van der Waals surface area contributed by atoms with E-state index in [1.807, 2.05) is 0 Å². The summed E-state index contributed by atoms with van der Waals surface area (Å²) in [5, 5.41) is 7.81. The zero-order valence-electron chi connectivity index (χ0n) is 13.5. The molecule has 0 fully saturated rings. The monoisotopic (exact) mass is 410 g/mol. The predicted octanol–water partition coefficient (Wildman–Crippen LogP) is 0.870. The quantitative estimate of drug-likeness (QED) is 0.318. The van der Waals surface area contributed by atoms with Crippen LogP contribution in [0.15, 0.2) is 22.7 Å². The number of rotatable bonds is 9. The van der Waals surface area contributed by atoms with Gasteiger partial charge in [0.1, 0.15) is 0 Å². The molecule has 0 unspecified atom stereocenters. The van der Waals surface area contributed by atoms with Gasteiger partial charge in [-0.3, -0.25) is 19.3 Å². The van der Waals surface area contributed by atoms with Crippen molar-refractivity contribution < 1.29 is 19.2 Å². The Kier molecular flexibility index (Phi) is 6.93. The van der Waals surface area contributed by atoms with Crippen molar-refractivity contribution in [2.45, 2.75) is 12.8 Å². The number of nitrogens with one attached hydrogen (secondary N) is 3. The van der Waals surface area contributed by atoms with Gasteiger partial charge in [0.15, 0.2) is 0 Å². The van der Waals surface area contributed by atoms with Gasteiger partial charge in [-0.1, -0.05) is 15.9 Å². The van der Waals surface area contributed by atoms with Gasteiger partial charge in [-0.05, 0) is 31.0 Å². The Hall–Kier alpha value is -2.42. The van der Waals surface area contributed by atoms with Crippen LogP contribution in [0, 0.1) is 0 Å². The van der Waals surface area contributed by atoms with Crippen molar-refractivity contribution in [1.29, 1.82) is 0 Å². The van der Waals surface area contributed by atoms with E-state index in [-0.39, 0.29) is 24.4 Å². The number of nitrogens with zero attached hydrogens (tertiary/aromatic N) is 1. The Bertz CT molecular complexity index is 680. The summed E-state index contributed by atoms with van der Waals surface area (Å²) in [5.41, 5.74) is 0.803. The first-order chi connectivity index (χ1) is 12.0. The minimum atomic E-state index is -0.322. The van der Waals surface area contributed by atoms with Crippen molar-refractivity contribution in [3.8, 4) is 0 Å². The highest BCUT2D eigenvalue weighted by molar-refractivity contribution is 9.10. The molecule has 0 spiro atoms. The van der Waals surface area contributed by atoms with E-state index in [2.05, 4.69) is 31.9 Å². The van der Waals surface area contributed by atoms with E-state index in [4.69, 9.17) is 0 Å². The van der Waals surface area contributed by atoms with Crippen LogP contribution >= 0.6 is 15.9 Å². The lowest BCUT2D eigenvalue weighted by atomic mass is 10.1. The molecular formula is C16H19BrN4O4. The third-order valence-corrected chi connectivity index (χ3v) is 4.14. The number of urea groups is 1. The van der Waals surface area contributed by atoms with E-state index in [9.17, 15) is 19.2 Å². The Balaban J connectivity index is 1.69. The van der Waals surface area contributed by atoms with E-state index < -0.39 is 0 Å². The highest BCUT2D eigenvalue weighted by Gasteiger charge is 2.34. The van der Waals surface area contributed by atoms with Crippen LogP contribution in [0.3, 0.4) is 0 Å². The van der Waals surface area contributed by atoms with Crippen LogP contribution in [0.25, 0.3) is 0 Å². The molecule has 5 amide bonds. The van der Waals surface area contributed by atoms with E-state index in [0.717, 1.165) is 4.47 Å². The first kappa shape index (κ1) is 18.9. The maximum absolute atomic E-state index is 12.3. The third kappa shape index (κ3) is 5.02. The van der Waals surface area contributed by atoms with Gasteiger partial charge in [-0.2, -0.15) is 0 Å². The van der Waals surface area contributed by atoms with Crippen molar-refractivity contribution in [3.05, 3.63) is 33.8 Å². The zero-order valence-corrected chi connectivity index (χ0v) is 15.1. The lowest BCUT2D eigenvalue weighted by Crippen LogP contribution is -2.39. The van der Waals surface area contributed by atoms with Crippen LogP contribution in [0.4, 0.5) is 4.79 Å². The molecule has 1 aromatic carbocycles. The van der Waals surface area contributed by atoms with Crippen LogP contribution < -0.4 is 16.0 Å². The fourth-order valence-corrected chi connectivity index (χ4v) is 2.78. The maximum Gasteiger partial charge on any atom is 0.314 e. The van der Waals surface area contributed by atoms with Gasteiger partial charge in [0.05, 0.1) is 11.1 Å². The highest BCUT2D eigenvalue weighted by atomic mass is 79.9. The fourth-order valence-electron chi connectivity index (χ4n) is 2.42. The van der Waals surface area contributed by atoms with Crippen LogP contribution in [0.1, 0.15) is 33.6 Å². The molecule has 2 rings (SSSR count). The molecule has 3 N–H and O–H groups in total. The second-order valence-corrected chi connectivity index (χ2v) is 6.33. The average Bonchev–Trinajstić information content (AvgIpc) is 2.82. The summed E-state index contributed by atoms with van der Waals surface area (Å²) in [4.78, 5) is 47.3. The first-order valence-corrected chi connectivity index (χ1v) is 8.68. The second-order valence-electron chi connectivity index (χ2n) is 5.41. The molecule has 1 heterocycles. The van der Waals surface area contributed by atoms with Crippen molar-refractivity contribution >= 4 is 40.2 Å². The number of halogens is 1. The first-order valence-electron chi connectivity index (χ1n) is 7.89. The van der Waals surface area contributed by atoms with Crippen molar-refractivity contribution in [3.63, 3.8) is 0 Å². The predicted molar refractivity (Wildman–Crippen MR) is 94.2 cm³/mol. The second kappa shape index (κ2) is 9.16. The Morgan fingerprint density at radius 2 is 1.72 bits per heavy atom. The number of hydrogen-bond donors (Lipinski definition) is 3. The SMILES string of the molecule is O=CNCCCNC(=O)NCCCN1C(=O)c2ccc(Br)cc2C1=O. The van der Waals surface area contributed by atoms with Crippen molar-refractivity contribution in [2.24, 2.45) is 0 Å². The molecule has 0 bridgehead atoms. The van der Waals surface area contributed by atoms with Crippen LogP contribution in [0.5, 0.6) is 0 Å². The van der Waals surface area contributed by atoms with Gasteiger partial charge in [-0.15, -0.1) is 0 Å². The van der Waals surface area contributed by atoms with Crippen LogP contribution in [-0.4, -0.2) is 55.3 Å². The highest BCUT2D eigenvalue weighted by Crippen LogP contribution is 2.25. The summed E-state index contributed by atoms with van der Waals surface area (Å²) < 4.78 is 0.746. The molecular weight excluding hydrogens is 392 g/mol. The Morgan fingerprint density at radius 3 is 2.44 bits per heavy atom. The molecule has 134 valence electrons. The van der Waals surface area contributed by atoms with E-state index in [0.29, 0.717) is 50.0 Å². The lowest BCUT2D eigenvalue weighted by molar-refractivity contribution is -0.109. The maximum atomic E-state index is 12.3. The molecule has 0 aromatic heterocycles. The summed E-state index contributed by atoms with van der Waals surface area (Å²) >= 11 is 3.29. The smallest absolute Gasteiger partial charge is 0.314 e. The van der Waals surface area contributed by atoms with Gasteiger partial charge in [-0.25, -0.2) is 4.79 Å². The molecule has 1 aliphatic rings. The topological polar surface area (TPSA) is 108 Å². The van der Waals surface area contributed by atoms with Gasteiger partial charge in [0.25, 0.3) is 11.8 Å². The normalized spacial score (nSPS) is 12.8. The molecule has 0 saturated heterocycles. The number of imide groups is 1. The summed E-state index contributed by atoms with van der Waals surface area (Å²) in [7, 11) is 0. The van der Waals surface area contributed by atoms with E-state index >= 15 is 0 Å². The van der Waals surface area contributed by atoms with Crippen LogP contribution in [0.2, 0.25) is 0 Å². The number of hydrogen-bond acceptors (Lipinski definition) is 4. The minimum absolute atomic E-state index is 0.244. The number of carbonyl (C=O) groups is 4. The molecule has 0 radical (unpaired) electrons.